The molecule has 1 aliphatic carbocycles. The van der Waals surface area contributed by atoms with Crippen LogP contribution in [-0.4, -0.2) is 12.5 Å². The molecule has 0 saturated heterocycles. The maximum absolute atomic E-state index is 12.7. The van der Waals surface area contributed by atoms with Gasteiger partial charge in [-0.1, -0.05) is 36.4 Å². The van der Waals surface area contributed by atoms with Crippen molar-refractivity contribution in [3.05, 3.63) is 59.7 Å². The van der Waals surface area contributed by atoms with Crippen molar-refractivity contribution in [1.29, 1.82) is 0 Å². The predicted molar refractivity (Wildman–Crippen MR) is 96.1 cm³/mol. The Balaban J connectivity index is 0.00000156. The number of nitrogen functional groups attached to an aromatic ring is 1. The lowest BCUT2D eigenvalue weighted by Gasteiger charge is -2.18. The Morgan fingerprint density at radius 1 is 1.09 bits per heavy atom. The Hall–Kier alpha value is -2.00. The van der Waals surface area contributed by atoms with Crippen LogP contribution in [0.1, 0.15) is 30.4 Å². The van der Waals surface area contributed by atoms with Crippen molar-refractivity contribution in [3.8, 4) is 0 Å². The molecule has 2 aromatic carbocycles. The number of nitrogens with two attached hydrogens (primary N) is 1. The number of benzene rings is 2. The number of aryl methyl sites for hydroxylation is 1. The third-order valence-electron chi connectivity index (χ3n) is 5.04. The van der Waals surface area contributed by atoms with Gasteiger partial charge in [-0.15, -0.1) is 12.4 Å². The Kier molecular flexibility index (Phi) is 4.07. The second-order valence-electron chi connectivity index (χ2n) is 6.48. The zero-order chi connectivity index (χ0) is 15.2. The van der Waals surface area contributed by atoms with Crippen molar-refractivity contribution < 1.29 is 4.79 Å². The van der Waals surface area contributed by atoms with E-state index in [1.54, 1.807) is 0 Å². The summed E-state index contributed by atoms with van der Waals surface area (Å²) in [4.78, 5) is 14.7. The molecule has 2 aromatic rings. The molecule has 1 amide bonds. The minimum absolute atomic E-state index is 0. The molecule has 2 aliphatic rings. The molecule has 1 spiro atoms. The lowest BCUT2D eigenvalue weighted by atomic mass is 9.99. The molecular formula is C19H21ClN2O. The number of amides is 1. The van der Waals surface area contributed by atoms with E-state index in [4.69, 9.17) is 5.73 Å². The Morgan fingerprint density at radius 2 is 1.78 bits per heavy atom. The standard InChI is InChI=1S/C19H20N2O.ClH/c20-16-7-3-1-5-14(16)9-10-18(22)21-13-19(11-12-19)15-6-2-4-8-17(15)21;/h1-8H,9-13,20H2;1H. The van der Waals surface area contributed by atoms with Gasteiger partial charge in [-0.05, 0) is 42.5 Å². The Morgan fingerprint density at radius 3 is 2.52 bits per heavy atom. The van der Waals surface area contributed by atoms with E-state index in [0.29, 0.717) is 12.8 Å². The van der Waals surface area contributed by atoms with Gasteiger partial charge < -0.3 is 10.6 Å². The summed E-state index contributed by atoms with van der Waals surface area (Å²) in [5.74, 6) is 0.208. The van der Waals surface area contributed by atoms with Gasteiger partial charge in [-0.25, -0.2) is 0 Å². The first-order valence-electron chi connectivity index (χ1n) is 7.93. The van der Waals surface area contributed by atoms with Crippen molar-refractivity contribution in [1.82, 2.24) is 0 Å². The number of nitrogens with zero attached hydrogens (tertiary/aromatic N) is 1. The maximum atomic E-state index is 12.7. The molecule has 1 aliphatic heterocycles. The van der Waals surface area contributed by atoms with Gasteiger partial charge in [0.2, 0.25) is 5.91 Å². The number of anilines is 2. The van der Waals surface area contributed by atoms with Crippen molar-refractivity contribution in [2.24, 2.45) is 0 Å². The summed E-state index contributed by atoms with van der Waals surface area (Å²) in [5, 5.41) is 0. The van der Waals surface area contributed by atoms with Crippen LogP contribution in [0.15, 0.2) is 48.5 Å². The van der Waals surface area contributed by atoms with Crippen LogP contribution in [0.2, 0.25) is 0 Å². The largest absolute Gasteiger partial charge is 0.399 e. The zero-order valence-corrected chi connectivity index (χ0v) is 13.8. The quantitative estimate of drug-likeness (QED) is 0.873. The molecule has 0 atom stereocenters. The highest BCUT2D eigenvalue weighted by atomic mass is 35.5. The van der Waals surface area contributed by atoms with Crippen LogP contribution in [0.4, 0.5) is 11.4 Å². The molecule has 120 valence electrons. The van der Waals surface area contributed by atoms with Crippen molar-refractivity contribution in [3.63, 3.8) is 0 Å². The van der Waals surface area contributed by atoms with E-state index in [0.717, 1.165) is 23.5 Å². The van der Waals surface area contributed by atoms with Gasteiger partial charge in [0.15, 0.2) is 0 Å². The van der Waals surface area contributed by atoms with Gasteiger partial charge in [0.1, 0.15) is 0 Å². The highest BCUT2D eigenvalue weighted by molar-refractivity contribution is 5.96. The molecule has 2 N–H and O–H groups in total. The van der Waals surface area contributed by atoms with Crippen molar-refractivity contribution in [2.45, 2.75) is 31.1 Å². The number of fused-ring (bicyclic) bond motifs is 2. The summed E-state index contributed by atoms with van der Waals surface area (Å²) in [7, 11) is 0. The molecule has 0 unspecified atom stereocenters. The van der Waals surface area contributed by atoms with E-state index < -0.39 is 0 Å². The van der Waals surface area contributed by atoms with Gasteiger partial charge in [-0.2, -0.15) is 0 Å². The third-order valence-corrected chi connectivity index (χ3v) is 5.04. The van der Waals surface area contributed by atoms with Crippen LogP contribution in [0.5, 0.6) is 0 Å². The maximum Gasteiger partial charge on any atom is 0.227 e. The number of carbonyl (C=O) groups is 1. The molecule has 1 fully saturated rings. The van der Waals surface area contributed by atoms with Crippen molar-refractivity contribution >= 4 is 29.7 Å². The smallest absolute Gasteiger partial charge is 0.227 e. The number of carbonyl (C=O) groups excluding carboxylic acids is 1. The van der Waals surface area contributed by atoms with Crippen LogP contribution < -0.4 is 10.6 Å². The molecule has 23 heavy (non-hydrogen) atoms. The van der Waals surface area contributed by atoms with Crippen LogP contribution in [0.25, 0.3) is 0 Å². The average Bonchev–Trinajstić information content (AvgIpc) is 3.24. The van der Waals surface area contributed by atoms with E-state index in [2.05, 4.69) is 18.2 Å². The Bertz CT molecular complexity index is 740. The number of para-hydroxylation sites is 2. The molecule has 1 heterocycles. The fraction of sp³-hybridized carbons (Fsp3) is 0.316. The molecular weight excluding hydrogens is 308 g/mol. The third kappa shape index (κ3) is 2.70. The van der Waals surface area contributed by atoms with Crippen molar-refractivity contribution in [2.75, 3.05) is 17.2 Å². The summed E-state index contributed by atoms with van der Waals surface area (Å²) in [6.45, 7) is 0.857. The fourth-order valence-corrected chi connectivity index (χ4v) is 3.57. The number of hydrogen-bond donors (Lipinski definition) is 1. The lowest BCUT2D eigenvalue weighted by molar-refractivity contribution is -0.118. The molecule has 0 radical (unpaired) electrons. The minimum Gasteiger partial charge on any atom is -0.399 e. The summed E-state index contributed by atoms with van der Waals surface area (Å²) in [6, 6.07) is 16.2. The Labute approximate surface area is 142 Å². The molecule has 3 nitrogen and oxygen atoms in total. The first-order valence-corrected chi connectivity index (χ1v) is 7.93. The SMILES string of the molecule is Cl.Nc1ccccc1CCC(=O)N1CC2(CC2)c2ccccc21. The van der Waals surface area contributed by atoms with E-state index in [-0.39, 0.29) is 23.7 Å². The summed E-state index contributed by atoms with van der Waals surface area (Å²) < 4.78 is 0. The molecule has 0 aromatic heterocycles. The normalized spacial score (nSPS) is 16.8. The van der Waals surface area contributed by atoms with Crippen LogP contribution in [-0.2, 0) is 16.6 Å². The fourth-order valence-electron chi connectivity index (χ4n) is 3.57. The van der Waals surface area contributed by atoms with Crippen LogP contribution >= 0.6 is 12.4 Å². The van der Waals surface area contributed by atoms with Gasteiger partial charge in [0.05, 0.1) is 0 Å². The average molecular weight is 329 g/mol. The van der Waals surface area contributed by atoms with Crippen LogP contribution in [0.3, 0.4) is 0 Å². The van der Waals surface area contributed by atoms with E-state index in [1.807, 2.05) is 35.2 Å². The highest BCUT2D eigenvalue weighted by Gasteiger charge is 2.52. The van der Waals surface area contributed by atoms with E-state index in [9.17, 15) is 4.79 Å². The van der Waals surface area contributed by atoms with Gasteiger partial charge in [-0.3, -0.25) is 4.79 Å². The van der Waals surface area contributed by atoms with Crippen LogP contribution in [0, 0.1) is 0 Å². The lowest BCUT2D eigenvalue weighted by Crippen LogP contribution is -2.31. The van der Waals surface area contributed by atoms with Gasteiger partial charge in [0, 0.05) is 29.8 Å². The number of halogens is 1. The number of rotatable bonds is 3. The van der Waals surface area contributed by atoms with Gasteiger partial charge in [0.25, 0.3) is 0 Å². The predicted octanol–water partition coefficient (Wildman–Crippen LogP) is 3.70. The summed E-state index contributed by atoms with van der Waals surface area (Å²) in [5.41, 5.74) is 10.5. The second kappa shape index (κ2) is 5.89. The second-order valence-corrected chi connectivity index (χ2v) is 6.48. The van der Waals surface area contributed by atoms with E-state index >= 15 is 0 Å². The highest BCUT2D eigenvalue weighted by Crippen LogP contribution is 2.56. The molecule has 1 saturated carbocycles. The van der Waals surface area contributed by atoms with Gasteiger partial charge >= 0.3 is 0 Å². The zero-order valence-electron chi connectivity index (χ0n) is 13.0. The topological polar surface area (TPSA) is 46.3 Å². The monoisotopic (exact) mass is 328 g/mol. The number of hydrogen-bond acceptors (Lipinski definition) is 2. The molecule has 4 heteroatoms. The van der Waals surface area contributed by atoms with E-state index in [1.165, 1.54) is 18.4 Å². The molecule has 0 bridgehead atoms. The summed E-state index contributed by atoms with van der Waals surface area (Å²) >= 11 is 0. The first kappa shape index (κ1) is 15.9. The summed E-state index contributed by atoms with van der Waals surface area (Å²) in [6.07, 6.45) is 3.63. The first-order chi connectivity index (χ1) is 10.7. The minimum atomic E-state index is 0. The molecule has 4 rings (SSSR count).